The average Bonchev–Trinajstić information content (AvgIpc) is 2.89. The zero-order valence-corrected chi connectivity index (χ0v) is 10.8. The molecule has 102 valence electrons. The first-order chi connectivity index (χ1) is 9.51. The smallest absolute Gasteiger partial charge is 0.165 e. The van der Waals surface area contributed by atoms with Gasteiger partial charge in [-0.3, -0.25) is 0 Å². The van der Waals surface area contributed by atoms with Crippen molar-refractivity contribution in [3.8, 4) is 0 Å². The lowest BCUT2D eigenvalue weighted by Crippen LogP contribution is -2.25. The normalized spacial score (nSPS) is 14.4. The van der Waals surface area contributed by atoms with Crippen LogP contribution in [0.25, 0.3) is 10.9 Å². The molecule has 1 aromatic heterocycles. The first kappa shape index (κ1) is 12.8. The third-order valence-electron chi connectivity index (χ3n) is 3.60. The van der Waals surface area contributed by atoms with E-state index < -0.39 is 17.2 Å². The third-order valence-corrected chi connectivity index (χ3v) is 3.60. The second-order valence-electron chi connectivity index (χ2n) is 4.92. The summed E-state index contributed by atoms with van der Waals surface area (Å²) in [5.41, 5.74) is -0.333. The molecule has 0 saturated carbocycles. The number of aromatic amines is 1. The lowest BCUT2D eigenvalue weighted by molar-refractivity contribution is 0.0986. The summed E-state index contributed by atoms with van der Waals surface area (Å²) in [5, 5.41) is 11.5. The van der Waals surface area contributed by atoms with Gasteiger partial charge in [0, 0.05) is 22.7 Å². The van der Waals surface area contributed by atoms with Crippen molar-refractivity contribution in [3.63, 3.8) is 0 Å². The molecule has 0 aliphatic carbocycles. The summed E-state index contributed by atoms with van der Waals surface area (Å²) >= 11 is 0. The van der Waals surface area contributed by atoms with Crippen molar-refractivity contribution in [3.05, 3.63) is 71.4 Å². The Labute approximate surface area is 114 Å². The summed E-state index contributed by atoms with van der Waals surface area (Å²) in [4.78, 5) is 3.03. The number of H-pyrrole nitrogens is 1. The fourth-order valence-corrected chi connectivity index (χ4v) is 2.53. The minimum atomic E-state index is -1.62. The second-order valence-corrected chi connectivity index (χ2v) is 4.92. The van der Waals surface area contributed by atoms with Crippen LogP contribution in [0.1, 0.15) is 18.1 Å². The summed E-state index contributed by atoms with van der Waals surface area (Å²) in [5.74, 6) is -1.99. The minimum Gasteiger partial charge on any atom is -0.381 e. The van der Waals surface area contributed by atoms with Crippen LogP contribution >= 0.6 is 0 Å². The van der Waals surface area contributed by atoms with Gasteiger partial charge in [0.15, 0.2) is 11.6 Å². The van der Waals surface area contributed by atoms with E-state index >= 15 is 0 Å². The van der Waals surface area contributed by atoms with Crippen LogP contribution in [0.5, 0.6) is 0 Å². The number of nitrogens with one attached hydrogen (secondary N) is 1. The van der Waals surface area contributed by atoms with E-state index in [0.29, 0.717) is 5.56 Å². The average molecular weight is 273 g/mol. The number of aliphatic hydroxyl groups is 1. The van der Waals surface area contributed by atoms with Crippen molar-refractivity contribution in [2.24, 2.45) is 0 Å². The van der Waals surface area contributed by atoms with Gasteiger partial charge in [0.2, 0.25) is 0 Å². The molecule has 1 atom stereocenters. The van der Waals surface area contributed by atoms with Crippen LogP contribution in [-0.2, 0) is 5.60 Å². The molecule has 0 saturated heterocycles. The molecule has 1 heterocycles. The quantitative estimate of drug-likeness (QED) is 0.733. The maximum absolute atomic E-state index is 14.0. The van der Waals surface area contributed by atoms with Crippen LogP contribution in [-0.4, -0.2) is 10.1 Å². The minimum absolute atomic E-state index is 0.0776. The van der Waals surface area contributed by atoms with E-state index in [9.17, 15) is 13.9 Å². The molecule has 3 aromatic rings. The number of aromatic nitrogens is 1. The SMILES string of the molecule is CC(O)(c1cccc(F)c1F)c1cccc2[nH]ccc12. The maximum Gasteiger partial charge on any atom is 0.165 e. The molecule has 2 nitrogen and oxygen atoms in total. The van der Waals surface area contributed by atoms with Crippen molar-refractivity contribution < 1.29 is 13.9 Å². The Morgan fingerprint density at radius 1 is 1.00 bits per heavy atom. The summed E-state index contributed by atoms with van der Waals surface area (Å²) in [6.07, 6.45) is 1.74. The number of fused-ring (bicyclic) bond motifs is 1. The fourth-order valence-electron chi connectivity index (χ4n) is 2.53. The van der Waals surface area contributed by atoms with E-state index in [1.165, 1.54) is 19.1 Å². The predicted molar refractivity (Wildman–Crippen MR) is 73.3 cm³/mol. The molecule has 2 aromatic carbocycles. The molecule has 0 bridgehead atoms. The van der Waals surface area contributed by atoms with Gasteiger partial charge in [-0.15, -0.1) is 0 Å². The van der Waals surface area contributed by atoms with Gasteiger partial charge in [-0.2, -0.15) is 0 Å². The highest BCUT2D eigenvalue weighted by Gasteiger charge is 2.31. The Kier molecular flexibility index (Phi) is 2.83. The topological polar surface area (TPSA) is 36.0 Å². The van der Waals surface area contributed by atoms with Gasteiger partial charge in [0.05, 0.1) is 0 Å². The highest BCUT2D eigenvalue weighted by molar-refractivity contribution is 5.84. The number of hydrogen-bond donors (Lipinski definition) is 2. The van der Waals surface area contributed by atoms with Crippen LogP contribution in [0.3, 0.4) is 0 Å². The molecule has 2 N–H and O–H groups in total. The van der Waals surface area contributed by atoms with Gasteiger partial charge >= 0.3 is 0 Å². The Bertz CT molecular complexity index is 777. The van der Waals surface area contributed by atoms with Crippen molar-refractivity contribution in [2.45, 2.75) is 12.5 Å². The molecule has 0 radical (unpaired) electrons. The molecule has 20 heavy (non-hydrogen) atoms. The molecule has 0 amide bonds. The molecular formula is C16H13F2NO. The standard InChI is InChI=1S/C16H13F2NO/c1-16(20,12-5-2-6-13(17)15(12)18)11-4-3-7-14-10(11)8-9-19-14/h2-9,19-20H,1H3. The van der Waals surface area contributed by atoms with E-state index in [1.54, 1.807) is 24.4 Å². The first-order valence-electron chi connectivity index (χ1n) is 6.25. The molecule has 3 rings (SSSR count). The van der Waals surface area contributed by atoms with Crippen LogP contribution in [0.15, 0.2) is 48.7 Å². The van der Waals surface area contributed by atoms with E-state index in [2.05, 4.69) is 4.98 Å². The third kappa shape index (κ3) is 1.80. The first-order valence-corrected chi connectivity index (χ1v) is 6.25. The zero-order valence-electron chi connectivity index (χ0n) is 10.8. The van der Waals surface area contributed by atoms with Gasteiger partial charge in [-0.05, 0) is 30.7 Å². The Morgan fingerprint density at radius 3 is 2.50 bits per heavy atom. The second kappa shape index (κ2) is 4.42. The molecule has 0 aliphatic rings. The van der Waals surface area contributed by atoms with Crippen molar-refractivity contribution in [1.29, 1.82) is 0 Å². The van der Waals surface area contributed by atoms with Gasteiger partial charge in [-0.25, -0.2) is 8.78 Å². The van der Waals surface area contributed by atoms with Crippen LogP contribution in [0.4, 0.5) is 8.78 Å². The molecule has 4 heteroatoms. The molecule has 0 aliphatic heterocycles. The summed E-state index contributed by atoms with van der Waals surface area (Å²) in [6.45, 7) is 1.46. The summed E-state index contributed by atoms with van der Waals surface area (Å²) in [6, 6.07) is 10.9. The lowest BCUT2D eigenvalue weighted by atomic mass is 9.86. The summed E-state index contributed by atoms with van der Waals surface area (Å²) < 4.78 is 27.4. The van der Waals surface area contributed by atoms with E-state index in [-0.39, 0.29) is 5.56 Å². The maximum atomic E-state index is 14.0. The number of rotatable bonds is 2. The number of benzene rings is 2. The Balaban J connectivity index is 2.26. The molecule has 1 unspecified atom stereocenters. The zero-order chi connectivity index (χ0) is 14.3. The number of hydrogen-bond acceptors (Lipinski definition) is 1. The van der Waals surface area contributed by atoms with Crippen LogP contribution in [0, 0.1) is 11.6 Å². The van der Waals surface area contributed by atoms with E-state index in [1.807, 2.05) is 6.07 Å². The van der Waals surface area contributed by atoms with Crippen molar-refractivity contribution in [2.75, 3.05) is 0 Å². The molecule has 0 spiro atoms. The van der Waals surface area contributed by atoms with Crippen molar-refractivity contribution in [1.82, 2.24) is 4.98 Å². The van der Waals surface area contributed by atoms with Crippen LogP contribution < -0.4 is 0 Å². The highest BCUT2D eigenvalue weighted by Crippen LogP contribution is 2.35. The fraction of sp³-hybridized carbons (Fsp3) is 0.125. The number of halogens is 2. The molecule has 0 fully saturated rings. The van der Waals surface area contributed by atoms with E-state index in [4.69, 9.17) is 0 Å². The lowest BCUT2D eigenvalue weighted by Gasteiger charge is -2.26. The monoisotopic (exact) mass is 273 g/mol. The Hall–Kier alpha value is -2.20. The predicted octanol–water partition coefficient (Wildman–Crippen LogP) is 3.70. The van der Waals surface area contributed by atoms with Crippen LogP contribution in [0.2, 0.25) is 0 Å². The van der Waals surface area contributed by atoms with Gasteiger partial charge in [0.1, 0.15) is 5.60 Å². The van der Waals surface area contributed by atoms with Gasteiger partial charge in [-0.1, -0.05) is 24.3 Å². The highest BCUT2D eigenvalue weighted by atomic mass is 19.2. The molecular weight excluding hydrogens is 260 g/mol. The Morgan fingerprint density at radius 2 is 1.70 bits per heavy atom. The largest absolute Gasteiger partial charge is 0.381 e. The summed E-state index contributed by atoms with van der Waals surface area (Å²) in [7, 11) is 0. The van der Waals surface area contributed by atoms with Crippen molar-refractivity contribution >= 4 is 10.9 Å². The van der Waals surface area contributed by atoms with Gasteiger partial charge in [0.25, 0.3) is 0 Å². The van der Waals surface area contributed by atoms with E-state index in [0.717, 1.165) is 17.0 Å². The van der Waals surface area contributed by atoms with Gasteiger partial charge < -0.3 is 10.1 Å².